The van der Waals surface area contributed by atoms with E-state index in [0.717, 1.165) is 23.6 Å². The predicted octanol–water partition coefficient (Wildman–Crippen LogP) is 2.99. The Hall–Kier alpha value is -1.39. The molecule has 1 aromatic carbocycles. The third-order valence-electron chi connectivity index (χ3n) is 3.27. The molecule has 0 bridgehead atoms. The molecule has 3 aromatic rings. The van der Waals surface area contributed by atoms with Gasteiger partial charge in [0.25, 0.3) is 0 Å². The van der Waals surface area contributed by atoms with Gasteiger partial charge in [-0.2, -0.15) is 0 Å². The summed E-state index contributed by atoms with van der Waals surface area (Å²) >= 11 is 1.75. The van der Waals surface area contributed by atoms with E-state index < -0.39 is 0 Å². The normalized spacial score (nSPS) is 13.5. The van der Waals surface area contributed by atoms with Crippen LogP contribution < -0.4 is 5.73 Å². The Kier molecular flexibility index (Phi) is 2.84. The molecule has 2 heterocycles. The Morgan fingerprint density at radius 2 is 2.28 bits per heavy atom. The number of aryl methyl sites for hydroxylation is 1. The van der Waals surface area contributed by atoms with Gasteiger partial charge in [-0.3, -0.25) is 4.40 Å². The zero-order chi connectivity index (χ0) is 12.7. The van der Waals surface area contributed by atoms with E-state index in [1.54, 1.807) is 11.3 Å². The molecule has 0 saturated carbocycles. The molecule has 0 aliphatic heterocycles. The van der Waals surface area contributed by atoms with E-state index in [9.17, 15) is 0 Å². The Balaban J connectivity index is 2.07. The van der Waals surface area contributed by atoms with Crippen molar-refractivity contribution in [3.05, 3.63) is 35.7 Å². The predicted molar refractivity (Wildman–Crippen MR) is 77.2 cm³/mol. The Labute approximate surface area is 110 Å². The summed E-state index contributed by atoms with van der Waals surface area (Å²) in [5, 5.41) is 0. The van der Waals surface area contributed by atoms with Crippen LogP contribution in [-0.2, 0) is 6.42 Å². The van der Waals surface area contributed by atoms with E-state index in [4.69, 9.17) is 5.73 Å². The second-order valence-corrected chi connectivity index (χ2v) is 5.99. The largest absolute Gasteiger partial charge is 0.330 e. The van der Waals surface area contributed by atoms with Crippen molar-refractivity contribution in [2.75, 3.05) is 6.54 Å². The number of fused-ring (bicyclic) bond motifs is 3. The topological polar surface area (TPSA) is 43.3 Å². The van der Waals surface area contributed by atoms with Gasteiger partial charge in [-0.15, -0.1) is 0 Å². The lowest BCUT2D eigenvalue weighted by Crippen LogP contribution is -2.12. The number of thiazole rings is 1. The number of hydrogen-bond donors (Lipinski definition) is 1. The van der Waals surface area contributed by atoms with Gasteiger partial charge in [-0.05, 0) is 43.5 Å². The number of imidazole rings is 1. The smallest absolute Gasteiger partial charge is 0.194 e. The van der Waals surface area contributed by atoms with Gasteiger partial charge in [0.2, 0.25) is 0 Å². The molecule has 4 heteroatoms. The average Bonchev–Trinajstić information content (AvgIpc) is 2.84. The van der Waals surface area contributed by atoms with Crippen molar-refractivity contribution in [1.29, 1.82) is 0 Å². The van der Waals surface area contributed by atoms with Gasteiger partial charge < -0.3 is 5.73 Å². The zero-order valence-electron chi connectivity index (χ0n) is 10.7. The van der Waals surface area contributed by atoms with Gasteiger partial charge in [0, 0.05) is 6.20 Å². The fourth-order valence-electron chi connectivity index (χ4n) is 2.27. The first-order valence-electron chi connectivity index (χ1n) is 6.24. The lowest BCUT2D eigenvalue weighted by Gasteiger charge is -2.07. The lowest BCUT2D eigenvalue weighted by molar-refractivity contribution is 0.593. The van der Waals surface area contributed by atoms with Gasteiger partial charge in [0.05, 0.1) is 15.9 Å². The third kappa shape index (κ3) is 1.91. The van der Waals surface area contributed by atoms with Crippen LogP contribution in [0.15, 0.2) is 24.4 Å². The van der Waals surface area contributed by atoms with Crippen LogP contribution in [0.4, 0.5) is 0 Å². The van der Waals surface area contributed by atoms with Crippen LogP contribution in [0.5, 0.6) is 0 Å². The molecule has 0 radical (unpaired) electrons. The molecular formula is C14H17N3S. The molecule has 2 aromatic heterocycles. The molecule has 1 atom stereocenters. The zero-order valence-corrected chi connectivity index (χ0v) is 11.5. The summed E-state index contributed by atoms with van der Waals surface area (Å²) in [7, 11) is 0. The first kappa shape index (κ1) is 11.7. The van der Waals surface area contributed by atoms with Gasteiger partial charge in [-0.1, -0.05) is 24.3 Å². The Bertz CT molecular complexity index is 696. The molecule has 0 aliphatic carbocycles. The number of rotatable bonds is 3. The van der Waals surface area contributed by atoms with E-state index in [0.29, 0.717) is 5.92 Å². The van der Waals surface area contributed by atoms with Crippen LogP contribution in [0.1, 0.15) is 18.2 Å². The van der Waals surface area contributed by atoms with E-state index in [1.165, 1.54) is 15.8 Å². The molecule has 0 saturated heterocycles. The summed E-state index contributed by atoms with van der Waals surface area (Å²) in [5.41, 5.74) is 9.37. The maximum absolute atomic E-state index is 5.68. The number of aromatic nitrogens is 2. The minimum absolute atomic E-state index is 0.536. The third-order valence-corrected chi connectivity index (χ3v) is 4.28. The maximum atomic E-state index is 5.68. The second kappa shape index (κ2) is 4.37. The fourth-order valence-corrected chi connectivity index (χ4v) is 3.39. The van der Waals surface area contributed by atoms with Crippen LogP contribution >= 0.6 is 11.3 Å². The molecular weight excluding hydrogens is 242 g/mol. The van der Waals surface area contributed by atoms with Crippen LogP contribution in [0.2, 0.25) is 0 Å². The van der Waals surface area contributed by atoms with Crippen LogP contribution in [0.25, 0.3) is 15.2 Å². The molecule has 3 nitrogen and oxygen atoms in total. The Morgan fingerprint density at radius 3 is 3.06 bits per heavy atom. The minimum atomic E-state index is 0.536. The summed E-state index contributed by atoms with van der Waals surface area (Å²) in [4.78, 5) is 5.59. The average molecular weight is 259 g/mol. The van der Waals surface area contributed by atoms with Gasteiger partial charge in [0.1, 0.15) is 0 Å². The summed E-state index contributed by atoms with van der Waals surface area (Å²) in [5.74, 6) is 0.536. The highest BCUT2D eigenvalue weighted by Gasteiger charge is 2.08. The van der Waals surface area contributed by atoms with Gasteiger partial charge >= 0.3 is 0 Å². The molecule has 2 N–H and O–H groups in total. The van der Waals surface area contributed by atoms with E-state index in [2.05, 4.69) is 40.7 Å². The molecule has 0 amide bonds. The highest BCUT2D eigenvalue weighted by Crippen LogP contribution is 2.27. The first-order chi connectivity index (χ1) is 8.67. The van der Waals surface area contributed by atoms with Crippen molar-refractivity contribution in [3.8, 4) is 0 Å². The quantitative estimate of drug-likeness (QED) is 0.785. The van der Waals surface area contributed by atoms with E-state index in [1.807, 2.05) is 6.92 Å². The van der Waals surface area contributed by atoms with Crippen molar-refractivity contribution >= 4 is 26.5 Å². The molecule has 3 rings (SSSR count). The summed E-state index contributed by atoms with van der Waals surface area (Å²) < 4.78 is 3.48. The minimum Gasteiger partial charge on any atom is -0.330 e. The SMILES string of the molecule is Cc1cn2c(n1)sc1cc(CC(C)CN)ccc12. The molecule has 1 unspecified atom stereocenters. The summed E-state index contributed by atoms with van der Waals surface area (Å²) in [6, 6.07) is 6.67. The van der Waals surface area contributed by atoms with Gasteiger partial charge in [-0.25, -0.2) is 4.98 Å². The fraction of sp³-hybridized carbons (Fsp3) is 0.357. The van der Waals surface area contributed by atoms with Crippen LogP contribution in [0, 0.1) is 12.8 Å². The number of benzene rings is 1. The van der Waals surface area contributed by atoms with E-state index in [-0.39, 0.29) is 0 Å². The van der Waals surface area contributed by atoms with Gasteiger partial charge in [0.15, 0.2) is 4.96 Å². The summed E-state index contributed by atoms with van der Waals surface area (Å²) in [6.45, 7) is 4.96. The standard InChI is InChI=1S/C14H17N3S/c1-9(7-15)5-11-3-4-12-13(6-11)18-14-16-10(2)8-17(12)14/h3-4,6,8-9H,5,7,15H2,1-2H3. The molecule has 0 aliphatic rings. The van der Waals surface area contributed by atoms with Crippen LogP contribution in [-0.4, -0.2) is 15.9 Å². The van der Waals surface area contributed by atoms with Crippen molar-refractivity contribution in [2.24, 2.45) is 11.7 Å². The van der Waals surface area contributed by atoms with Crippen LogP contribution in [0.3, 0.4) is 0 Å². The van der Waals surface area contributed by atoms with Crippen molar-refractivity contribution in [2.45, 2.75) is 20.3 Å². The lowest BCUT2D eigenvalue weighted by atomic mass is 10.0. The second-order valence-electron chi connectivity index (χ2n) is 4.98. The number of hydrogen-bond acceptors (Lipinski definition) is 3. The highest BCUT2D eigenvalue weighted by atomic mass is 32.1. The summed E-state index contributed by atoms with van der Waals surface area (Å²) in [6.07, 6.45) is 3.14. The number of nitrogens with zero attached hydrogens (tertiary/aromatic N) is 2. The number of nitrogens with two attached hydrogens (primary N) is 1. The maximum Gasteiger partial charge on any atom is 0.194 e. The highest BCUT2D eigenvalue weighted by molar-refractivity contribution is 7.23. The van der Waals surface area contributed by atoms with E-state index >= 15 is 0 Å². The van der Waals surface area contributed by atoms with Crippen molar-refractivity contribution in [3.63, 3.8) is 0 Å². The molecule has 0 fully saturated rings. The van der Waals surface area contributed by atoms with Crippen molar-refractivity contribution < 1.29 is 0 Å². The first-order valence-corrected chi connectivity index (χ1v) is 7.06. The van der Waals surface area contributed by atoms with Crippen molar-refractivity contribution in [1.82, 2.24) is 9.38 Å². The monoisotopic (exact) mass is 259 g/mol. The molecule has 0 spiro atoms. The Morgan fingerprint density at radius 1 is 1.44 bits per heavy atom. The molecule has 18 heavy (non-hydrogen) atoms. The molecule has 94 valence electrons.